The highest BCUT2D eigenvalue weighted by Crippen LogP contribution is 2.36. The Morgan fingerprint density at radius 1 is 1.21 bits per heavy atom. The quantitative estimate of drug-likeness (QED) is 0.689. The maximum atomic E-state index is 13.0. The number of piperidine rings is 1. The molecule has 10 heteroatoms. The first kappa shape index (κ1) is 20.0. The number of hydrogen-bond donors (Lipinski definition) is 1. The highest BCUT2D eigenvalue weighted by Gasteiger charge is 2.34. The minimum atomic E-state index is -3.57. The fraction of sp³-hybridized carbons (Fsp3) is 0.526. The molecule has 156 valence electrons. The van der Waals surface area contributed by atoms with Gasteiger partial charge in [0.25, 0.3) is 0 Å². The van der Waals surface area contributed by atoms with Crippen LogP contribution in [0.2, 0.25) is 0 Å². The summed E-state index contributed by atoms with van der Waals surface area (Å²) in [7, 11) is -1.83. The zero-order valence-electron chi connectivity index (χ0n) is 17.1. The Morgan fingerprint density at radius 3 is 2.48 bits per heavy atom. The summed E-state index contributed by atoms with van der Waals surface area (Å²) in [6, 6.07) is 1.87. The molecule has 0 radical (unpaired) electrons. The van der Waals surface area contributed by atoms with E-state index in [1.54, 1.807) is 37.0 Å². The third-order valence-electron chi connectivity index (χ3n) is 5.81. The van der Waals surface area contributed by atoms with Crippen LogP contribution in [0.25, 0.3) is 5.65 Å². The van der Waals surface area contributed by atoms with Crippen LogP contribution in [0.15, 0.2) is 29.7 Å². The number of fused-ring (bicyclic) bond motifs is 1. The molecule has 4 rings (SSSR count). The van der Waals surface area contributed by atoms with Crippen molar-refractivity contribution in [2.45, 2.75) is 50.0 Å². The second kappa shape index (κ2) is 6.89. The topological polar surface area (TPSA) is 106 Å². The first-order valence-electron chi connectivity index (χ1n) is 9.64. The molecule has 0 amide bonds. The van der Waals surface area contributed by atoms with Crippen molar-refractivity contribution in [1.29, 1.82) is 0 Å². The summed E-state index contributed by atoms with van der Waals surface area (Å²) in [6.07, 6.45) is 6.15. The third kappa shape index (κ3) is 3.45. The fourth-order valence-corrected chi connectivity index (χ4v) is 5.66. The Kier molecular flexibility index (Phi) is 4.75. The van der Waals surface area contributed by atoms with Gasteiger partial charge in [-0.15, -0.1) is 0 Å². The van der Waals surface area contributed by atoms with Crippen LogP contribution >= 0.6 is 0 Å². The van der Waals surface area contributed by atoms with Gasteiger partial charge in [0.1, 0.15) is 11.2 Å². The number of aromatic nitrogens is 5. The Bertz CT molecular complexity index is 1150. The third-order valence-corrected chi connectivity index (χ3v) is 7.81. The molecule has 1 N–H and O–H groups in total. The van der Waals surface area contributed by atoms with E-state index in [4.69, 9.17) is 0 Å². The van der Waals surface area contributed by atoms with Gasteiger partial charge in [-0.3, -0.25) is 4.68 Å². The lowest BCUT2D eigenvalue weighted by Gasteiger charge is -2.33. The second-order valence-electron chi connectivity index (χ2n) is 8.16. The van der Waals surface area contributed by atoms with Crippen LogP contribution in [-0.4, -0.2) is 55.3 Å². The van der Waals surface area contributed by atoms with Crippen LogP contribution in [0.3, 0.4) is 0 Å². The number of nitrogens with zero attached hydrogens (tertiary/aromatic N) is 6. The maximum absolute atomic E-state index is 13.0. The van der Waals surface area contributed by atoms with E-state index >= 15 is 0 Å². The number of aliphatic hydroxyl groups is 1. The average Bonchev–Trinajstić information content (AvgIpc) is 3.26. The molecule has 4 heterocycles. The summed E-state index contributed by atoms with van der Waals surface area (Å²) < 4.78 is 30.9. The molecule has 29 heavy (non-hydrogen) atoms. The molecule has 9 nitrogen and oxygen atoms in total. The molecular weight excluding hydrogens is 392 g/mol. The molecule has 0 aromatic carbocycles. The van der Waals surface area contributed by atoms with Gasteiger partial charge in [0.15, 0.2) is 5.65 Å². The van der Waals surface area contributed by atoms with Crippen molar-refractivity contribution >= 4 is 15.7 Å². The van der Waals surface area contributed by atoms with Gasteiger partial charge in [0, 0.05) is 26.3 Å². The first-order valence-corrected chi connectivity index (χ1v) is 11.1. The van der Waals surface area contributed by atoms with Gasteiger partial charge in [-0.1, -0.05) is 0 Å². The predicted molar refractivity (Wildman–Crippen MR) is 107 cm³/mol. The highest BCUT2D eigenvalue weighted by molar-refractivity contribution is 7.89. The summed E-state index contributed by atoms with van der Waals surface area (Å²) in [5.74, 6) is 0.131. The number of hydrogen-bond acceptors (Lipinski definition) is 6. The van der Waals surface area contributed by atoms with Gasteiger partial charge >= 0.3 is 0 Å². The van der Waals surface area contributed by atoms with Crippen molar-refractivity contribution in [2.24, 2.45) is 7.05 Å². The Labute approximate surface area is 170 Å². The number of pyridine rings is 1. The second-order valence-corrected chi connectivity index (χ2v) is 10.1. The van der Waals surface area contributed by atoms with Crippen molar-refractivity contribution in [3.05, 3.63) is 41.6 Å². The number of sulfonamides is 1. The Morgan fingerprint density at radius 2 is 1.90 bits per heavy atom. The van der Waals surface area contributed by atoms with Crippen molar-refractivity contribution in [2.75, 3.05) is 13.1 Å². The fourth-order valence-electron chi connectivity index (χ4n) is 4.01. The van der Waals surface area contributed by atoms with E-state index in [9.17, 15) is 13.5 Å². The number of aryl methyl sites for hydroxylation is 1. The van der Waals surface area contributed by atoms with E-state index in [2.05, 4.69) is 15.2 Å². The van der Waals surface area contributed by atoms with Crippen LogP contribution in [0.5, 0.6) is 0 Å². The lowest BCUT2D eigenvalue weighted by molar-refractivity contribution is 0.0767. The zero-order chi connectivity index (χ0) is 21.0. The smallest absolute Gasteiger partial charge is 0.246 e. The lowest BCUT2D eigenvalue weighted by atomic mass is 9.83. The lowest BCUT2D eigenvalue weighted by Crippen LogP contribution is -2.38. The largest absolute Gasteiger partial charge is 0.386 e. The molecule has 0 bridgehead atoms. The minimum Gasteiger partial charge on any atom is -0.386 e. The molecule has 1 aliphatic rings. The maximum Gasteiger partial charge on any atom is 0.246 e. The SMILES string of the molecule is Cc1c(S(=O)(=O)N2CCC(c3cn4ncnc4cc3C(C)(C)O)CC2)cnn1C. The zero-order valence-corrected chi connectivity index (χ0v) is 17.9. The van der Waals surface area contributed by atoms with Crippen LogP contribution < -0.4 is 0 Å². The van der Waals surface area contributed by atoms with Crippen LogP contribution in [-0.2, 0) is 22.7 Å². The Balaban J connectivity index is 1.61. The summed E-state index contributed by atoms with van der Waals surface area (Å²) in [5.41, 5.74) is 2.08. The van der Waals surface area contributed by atoms with Crippen molar-refractivity contribution in [3.63, 3.8) is 0 Å². The molecule has 3 aromatic rings. The molecule has 0 spiro atoms. The molecule has 0 aliphatic carbocycles. The number of rotatable bonds is 4. The highest BCUT2D eigenvalue weighted by atomic mass is 32.2. The summed E-state index contributed by atoms with van der Waals surface area (Å²) in [5, 5.41) is 19.0. The van der Waals surface area contributed by atoms with Gasteiger partial charge < -0.3 is 5.11 Å². The first-order chi connectivity index (χ1) is 13.6. The monoisotopic (exact) mass is 418 g/mol. The summed E-state index contributed by atoms with van der Waals surface area (Å²) in [4.78, 5) is 4.48. The average molecular weight is 419 g/mol. The standard InChI is InChI=1S/C19H26N6O3S/c1-13-17(10-21-23(13)4)29(27,28)24-7-5-14(6-8-24)15-11-25-18(20-12-22-25)9-16(15)19(2,3)26/h9-12,14,26H,5-8H2,1-4H3. The van der Waals surface area contributed by atoms with E-state index in [-0.39, 0.29) is 10.8 Å². The van der Waals surface area contributed by atoms with Crippen molar-refractivity contribution in [3.8, 4) is 0 Å². The van der Waals surface area contributed by atoms with Gasteiger partial charge in [-0.25, -0.2) is 17.9 Å². The molecular formula is C19H26N6O3S. The van der Waals surface area contributed by atoms with Gasteiger partial charge in [-0.05, 0) is 56.7 Å². The van der Waals surface area contributed by atoms with Gasteiger partial charge in [0.05, 0.1) is 17.5 Å². The molecule has 0 unspecified atom stereocenters. The van der Waals surface area contributed by atoms with E-state index < -0.39 is 15.6 Å². The van der Waals surface area contributed by atoms with E-state index in [0.717, 1.165) is 11.1 Å². The van der Waals surface area contributed by atoms with E-state index in [1.165, 1.54) is 16.8 Å². The van der Waals surface area contributed by atoms with Crippen LogP contribution in [0.4, 0.5) is 0 Å². The molecule has 3 aromatic heterocycles. The molecule has 1 aliphatic heterocycles. The molecule has 0 atom stereocenters. The predicted octanol–water partition coefficient (Wildman–Crippen LogP) is 1.57. The van der Waals surface area contributed by atoms with E-state index in [1.807, 2.05) is 12.3 Å². The molecule has 1 saturated heterocycles. The minimum absolute atomic E-state index is 0.131. The molecule has 1 fully saturated rings. The molecule has 0 saturated carbocycles. The van der Waals surface area contributed by atoms with Crippen molar-refractivity contribution < 1.29 is 13.5 Å². The Hall–Kier alpha value is -2.30. The van der Waals surface area contributed by atoms with Crippen LogP contribution in [0, 0.1) is 6.92 Å². The van der Waals surface area contributed by atoms with E-state index in [0.29, 0.717) is 37.3 Å². The van der Waals surface area contributed by atoms with Crippen molar-refractivity contribution in [1.82, 2.24) is 28.7 Å². The van der Waals surface area contributed by atoms with Crippen LogP contribution in [0.1, 0.15) is 49.4 Å². The summed E-state index contributed by atoms with van der Waals surface area (Å²) in [6.45, 7) is 6.10. The summed E-state index contributed by atoms with van der Waals surface area (Å²) >= 11 is 0. The van der Waals surface area contributed by atoms with Gasteiger partial charge in [0.2, 0.25) is 10.0 Å². The van der Waals surface area contributed by atoms with Gasteiger partial charge in [-0.2, -0.15) is 14.5 Å². The normalized spacial score (nSPS) is 17.3.